The van der Waals surface area contributed by atoms with Crippen LogP contribution in [0.4, 0.5) is 0 Å². The van der Waals surface area contributed by atoms with Crippen molar-refractivity contribution in [1.82, 2.24) is 4.57 Å². The number of nitrogens with zero attached hydrogens (tertiary/aromatic N) is 1. The maximum atomic E-state index is 11.5. The first kappa shape index (κ1) is 13.4. The second-order valence-corrected chi connectivity index (χ2v) is 5.15. The van der Waals surface area contributed by atoms with Gasteiger partial charge in [0.15, 0.2) is 0 Å². The zero-order valence-electron chi connectivity index (χ0n) is 11.9. The van der Waals surface area contributed by atoms with Crippen molar-refractivity contribution in [3.63, 3.8) is 0 Å². The van der Waals surface area contributed by atoms with Gasteiger partial charge >= 0.3 is 5.97 Å². The summed E-state index contributed by atoms with van der Waals surface area (Å²) in [7, 11) is 0. The summed E-state index contributed by atoms with van der Waals surface area (Å²) in [6.45, 7) is 2.67. The van der Waals surface area contributed by atoms with Crippen molar-refractivity contribution in [3.05, 3.63) is 71.4 Å². The van der Waals surface area contributed by atoms with Gasteiger partial charge in [0.05, 0.1) is 0 Å². The second kappa shape index (κ2) is 5.44. The summed E-state index contributed by atoms with van der Waals surface area (Å²) in [5.74, 6) is -0.889. The van der Waals surface area contributed by atoms with Crippen LogP contribution in [0.25, 0.3) is 10.9 Å². The van der Waals surface area contributed by atoms with Crippen LogP contribution < -0.4 is 0 Å². The molecule has 106 valence electrons. The van der Waals surface area contributed by atoms with Crippen LogP contribution in [0.5, 0.6) is 0 Å². The van der Waals surface area contributed by atoms with Gasteiger partial charge in [0.25, 0.3) is 0 Å². The van der Waals surface area contributed by atoms with E-state index in [0.29, 0.717) is 12.2 Å². The van der Waals surface area contributed by atoms with Gasteiger partial charge in [-0.1, -0.05) is 49.4 Å². The van der Waals surface area contributed by atoms with E-state index in [1.165, 1.54) is 5.56 Å². The van der Waals surface area contributed by atoms with Crippen LogP contribution in [0, 0.1) is 0 Å². The summed E-state index contributed by atoms with van der Waals surface area (Å²) in [4.78, 5) is 11.5. The van der Waals surface area contributed by atoms with Gasteiger partial charge in [0.1, 0.15) is 5.69 Å². The summed E-state index contributed by atoms with van der Waals surface area (Å²) in [6.07, 6.45) is 0.939. The van der Waals surface area contributed by atoms with E-state index in [9.17, 15) is 9.90 Å². The highest BCUT2D eigenvalue weighted by Crippen LogP contribution is 2.23. The van der Waals surface area contributed by atoms with E-state index in [-0.39, 0.29) is 0 Å². The molecule has 0 spiro atoms. The Morgan fingerprint density at radius 3 is 2.48 bits per heavy atom. The number of benzene rings is 2. The number of carboxylic acids is 1. The highest BCUT2D eigenvalue weighted by Gasteiger charge is 2.15. The number of fused-ring (bicyclic) bond motifs is 1. The second-order valence-electron chi connectivity index (χ2n) is 5.15. The number of aromatic carboxylic acids is 1. The Bertz CT molecular complexity index is 788. The number of hydrogen-bond acceptors (Lipinski definition) is 1. The van der Waals surface area contributed by atoms with Gasteiger partial charge in [0, 0.05) is 17.4 Å². The molecule has 1 N–H and O–H groups in total. The number of aromatic nitrogens is 1. The van der Waals surface area contributed by atoms with E-state index < -0.39 is 5.97 Å². The molecule has 21 heavy (non-hydrogen) atoms. The Morgan fingerprint density at radius 2 is 1.81 bits per heavy atom. The first-order chi connectivity index (χ1) is 10.2. The minimum Gasteiger partial charge on any atom is -0.477 e. The van der Waals surface area contributed by atoms with Crippen molar-refractivity contribution >= 4 is 16.9 Å². The normalized spacial score (nSPS) is 10.9. The van der Waals surface area contributed by atoms with Gasteiger partial charge in [-0.3, -0.25) is 0 Å². The SMILES string of the molecule is CCc1ccc2cc(C(=O)O)n(Cc3ccccc3)c2c1. The number of hydrogen-bond donors (Lipinski definition) is 1. The Balaban J connectivity index is 2.17. The average molecular weight is 279 g/mol. The Hall–Kier alpha value is -2.55. The maximum absolute atomic E-state index is 11.5. The molecule has 3 rings (SSSR count). The fourth-order valence-corrected chi connectivity index (χ4v) is 2.63. The fraction of sp³-hybridized carbons (Fsp3) is 0.167. The Labute approximate surface area is 123 Å². The molecule has 1 heterocycles. The lowest BCUT2D eigenvalue weighted by Gasteiger charge is -2.09. The van der Waals surface area contributed by atoms with Crippen molar-refractivity contribution in [2.75, 3.05) is 0 Å². The molecule has 0 bridgehead atoms. The molecule has 0 amide bonds. The third-order valence-electron chi connectivity index (χ3n) is 3.78. The van der Waals surface area contributed by atoms with Crippen LogP contribution in [0.1, 0.15) is 28.5 Å². The predicted octanol–water partition coefficient (Wildman–Crippen LogP) is 3.95. The van der Waals surface area contributed by atoms with E-state index >= 15 is 0 Å². The fourth-order valence-electron chi connectivity index (χ4n) is 2.63. The van der Waals surface area contributed by atoms with Gasteiger partial charge in [-0.15, -0.1) is 0 Å². The molecule has 0 aliphatic heterocycles. The van der Waals surface area contributed by atoms with Crippen molar-refractivity contribution in [1.29, 1.82) is 0 Å². The van der Waals surface area contributed by atoms with Crippen LogP contribution in [-0.4, -0.2) is 15.6 Å². The standard InChI is InChI=1S/C18H17NO2/c1-2-13-8-9-15-11-17(18(20)21)19(16(15)10-13)12-14-6-4-3-5-7-14/h3-11H,2,12H2,1H3,(H,20,21). The highest BCUT2D eigenvalue weighted by molar-refractivity contribution is 5.94. The molecule has 0 fully saturated rings. The molecular weight excluding hydrogens is 262 g/mol. The quantitative estimate of drug-likeness (QED) is 0.785. The van der Waals surface area contributed by atoms with E-state index in [2.05, 4.69) is 19.1 Å². The lowest BCUT2D eigenvalue weighted by Crippen LogP contribution is -2.09. The molecule has 0 saturated carbocycles. The van der Waals surface area contributed by atoms with E-state index in [4.69, 9.17) is 0 Å². The summed E-state index contributed by atoms with van der Waals surface area (Å²) < 4.78 is 1.88. The highest BCUT2D eigenvalue weighted by atomic mass is 16.4. The number of carbonyl (C=O) groups is 1. The van der Waals surface area contributed by atoms with E-state index in [1.54, 1.807) is 6.07 Å². The van der Waals surface area contributed by atoms with Crippen molar-refractivity contribution in [2.24, 2.45) is 0 Å². The summed E-state index contributed by atoms with van der Waals surface area (Å²) in [5.41, 5.74) is 3.63. The zero-order chi connectivity index (χ0) is 14.8. The Kier molecular flexibility index (Phi) is 3.48. The van der Waals surface area contributed by atoms with Gasteiger partial charge in [-0.2, -0.15) is 0 Å². The molecule has 3 nitrogen and oxygen atoms in total. The van der Waals surface area contributed by atoms with Crippen molar-refractivity contribution in [3.8, 4) is 0 Å². The summed E-state index contributed by atoms with van der Waals surface area (Å²) in [6, 6.07) is 17.8. The molecule has 0 aliphatic carbocycles. The number of carboxylic acid groups (broad SMARTS) is 1. The smallest absolute Gasteiger partial charge is 0.352 e. The molecule has 3 aromatic rings. The van der Waals surface area contributed by atoms with Crippen LogP contribution in [0.2, 0.25) is 0 Å². The number of aryl methyl sites for hydroxylation is 1. The minimum absolute atomic E-state index is 0.335. The monoisotopic (exact) mass is 279 g/mol. The third kappa shape index (κ3) is 2.55. The lowest BCUT2D eigenvalue weighted by molar-refractivity contribution is 0.0686. The van der Waals surface area contributed by atoms with Crippen LogP contribution >= 0.6 is 0 Å². The largest absolute Gasteiger partial charge is 0.477 e. The Morgan fingerprint density at radius 1 is 1.05 bits per heavy atom. The molecule has 0 atom stereocenters. The van der Waals surface area contributed by atoms with E-state index in [0.717, 1.165) is 22.9 Å². The molecule has 3 heteroatoms. The van der Waals surface area contributed by atoms with E-state index in [1.807, 2.05) is 41.0 Å². The van der Waals surface area contributed by atoms with Gasteiger partial charge < -0.3 is 9.67 Å². The third-order valence-corrected chi connectivity index (χ3v) is 3.78. The minimum atomic E-state index is -0.889. The first-order valence-electron chi connectivity index (χ1n) is 7.08. The van der Waals surface area contributed by atoms with Gasteiger partial charge in [0.2, 0.25) is 0 Å². The van der Waals surface area contributed by atoms with Crippen molar-refractivity contribution < 1.29 is 9.90 Å². The molecule has 0 saturated heterocycles. The van der Waals surface area contributed by atoms with Crippen LogP contribution in [0.15, 0.2) is 54.6 Å². The molecule has 2 aromatic carbocycles. The molecular formula is C18H17NO2. The molecule has 0 unspecified atom stereocenters. The van der Waals surface area contributed by atoms with Crippen LogP contribution in [-0.2, 0) is 13.0 Å². The summed E-state index contributed by atoms with van der Waals surface area (Å²) in [5, 5.41) is 10.4. The zero-order valence-corrected chi connectivity index (χ0v) is 11.9. The van der Waals surface area contributed by atoms with Gasteiger partial charge in [-0.25, -0.2) is 4.79 Å². The van der Waals surface area contributed by atoms with Crippen molar-refractivity contribution in [2.45, 2.75) is 19.9 Å². The maximum Gasteiger partial charge on any atom is 0.352 e. The molecule has 0 radical (unpaired) electrons. The molecule has 1 aromatic heterocycles. The predicted molar refractivity (Wildman–Crippen MR) is 83.8 cm³/mol. The average Bonchev–Trinajstić information content (AvgIpc) is 2.86. The topological polar surface area (TPSA) is 42.2 Å². The summed E-state index contributed by atoms with van der Waals surface area (Å²) >= 11 is 0. The van der Waals surface area contributed by atoms with Crippen LogP contribution in [0.3, 0.4) is 0 Å². The first-order valence-corrected chi connectivity index (χ1v) is 7.08. The number of rotatable bonds is 4. The molecule has 0 aliphatic rings. The lowest BCUT2D eigenvalue weighted by atomic mass is 10.1. The van der Waals surface area contributed by atoms with Gasteiger partial charge in [-0.05, 0) is 29.7 Å².